The largest absolute Gasteiger partial charge is 0.471 e. The van der Waals surface area contributed by atoms with Crippen molar-refractivity contribution in [1.82, 2.24) is 14.8 Å². The van der Waals surface area contributed by atoms with Crippen LogP contribution in [0.4, 0.5) is 5.82 Å². The molecule has 128 valence electrons. The van der Waals surface area contributed by atoms with E-state index in [1.54, 1.807) is 36.5 Å². The fourth-order valence-electron chi connectivity index (χ4n) is 2.03. The summed E-state index contributed by atoms with van der Waals surface area (Å²) < 4.78 is 7.16. The van der Waals surface area contributed by atoms with E-state index in [4.69, 9.17) is 27.9 Å². The summed E-state index contributed by atoms with van der Waals surface area (Å²) in [4.78, 5) is 16.2. The van der Waals surface area contributed by atoms with Crippen molar-refractivity contribution in [2.45, 2.75) is 13.7 Å². The van der Waals surface area contributed by atoms with Crippen LogP contribution in [0.5, 0.6) is 5.75 Å². The maximum Gasteiger partial charge on any atom is 0.277 e. The lowest BCUT2D eigenvalue weighted by atomic mass is 10.2. The zero-order chi connectivity index (χ0) is 17.8. The van der Waals surface area contributed by atoms with Gasteiger partial charge in [0.2, 0.25) is 0 Å². The maximum atomic E-state index is 12.2. The van der Waals surface area contributed by atoms with Crippen LogP contribution in [0.3, 0.4) is 0 Å². The molecule has 0 aliphatic rings. The van der Waals surface area contributed by atoms with Gasteiger partial charge in [-0.2, -0.15) is 5.10 Å². The molecule has 0 aliphatic heterocycles. The minimum atomic E-state index is -0.365. The fraction of sp³-hybridized carbons (Fsp3) is 0.118. The minimum absolute atomic E-state index is 0.174. The molecule has 3 aromatic rings. The number of nitrogens with zero attached hydrogens (tertiary/aromatic N) is 3. The molecule has 0 aliphatic carbocycles. The average Bonchev–Trinajstić information content (AvgIpc) is 3.07. The molecule has 6 nitrogen and oxygen atoms in total. The Morgan fingerprint density at radius 2 is 2.08 bits per heavy atom. The molecule has 1 N–H and O–H groups in total. The molecule has 2 heterocycles. The Labute approximate surface area is 154 Å². The number of halogens is 2. The highest BCUT2D eigenvalue weighted by Gasteiger charge is 2.11. The van der Waals surface area contributed by atoms with Crippen LogP contribution in [-0.4, -0.2) is 20.7 Å². The Hall–Kier alpha value is -2.57. The minimum Gasteiger partial charge on any atom is -0.471 e. The Morgan fingerprint density at radius 1 is 1.24 bits per heavy atom. The number of aryl methyl sites for hydroxylation is 1. The second-order valence-electron chi connectivity index (χ2n) is 5.24. The topological polar surface area (TPSA) is 69.0 Å². The average molecular weight is 377 g/mol. The second kappa shape index (κ2) is 7.55. The highest BCUT2D eigenvalue weighted by molar-refractivity contribution is 6.31. The van der Waals surface area contributed by atoms with Crippen molar-refractivity contribution in [3.63, 3.8) is 0 Å². The van der Waals surface area contributed by atoms with Crippen molar-refractivity contribution >= 4 is 34.9 Å². The van der Waals surface area contributed by atoms with Crippen molar-refractivity contribution in [2.75, 3.05) is 5.32 Å². The van der Waals surface area contributed by atoms with Gasteiger partial charge in [0.1, 0.15) is 11.6 Å². The lowest BCUT2D eigenvalue weighted by Crippen LogP contribution is -2.15. The molecule has 0 radical (unpaired) electrons. The monoisotopic (exact) mass is 376 g/mol. The summed E-state index contributed by atoms with van der Waals surface area (Å²) in [6, 6.07) is 10.2. The van der Waals surface area contributed by atoms with E-state index < -0.39 is 0 Å². The van der Waals surface area contributed by atoms with Crippen LogP contribution in [0.2, 0.25) is 10.0 Å². The first-order valence-corrected chi connectivity index (χ1v) is 8.12. The zero-order valence-corrected chi connectivity index (χ0v) is 14.8. The summed E-state index contributed by atoms with van der Waals surface area (Å²) in [5.74, 6) is 0.710. The Morgan fingerprint density at radius 3 is 2.80 bits per heavy atom. The van der Waals surface area contributed by atoms with Crippen LogP contribution >= 0.6 is 23.2 Å². The third kappa shape index (κ3) is 4.49. The van der Waals surface area contributed by atoms with Gasteiger partial charge in [-0.3, -0.25) is 4.79 Å². The van der Waals surface area contributed by atoms with E-state index in [9.17, 15) is 4.79 Å². The number of nitrogens with one attached hydrogen (secondary N) is 1. The van der Waals surface area contributed by atoms with Gasteiger partial charge < -0.3 is 10.1 Å². The smallest absolute Gasteiger partial charge is 0.277 e. The number of ether oxygens (including phenoxy) is 1. The van der Waals surface area contributed by atoms with E-state index in [0.717, 1.165) is 5.56 Å². The number of carbonyl (C=O) groups is 1. The molecule has 0 bridgehead atoms. The summed E-state index contributed by atoms with van der Waals surface area (Å²) in [6.45, 7) is 2.07. The number of anilines is 1. The van der Waals surface area contributed by atoms with Gasteiger partial charge >= 0.3 is 0 Å². The van der Waals surface area contributed by atoms with E-state index in [-0.39, 0.29) is 18.3 Å². The number of pyridine rings is 1. The molecule has 25 heavy (non-hydrogen) atoms. The van der Waals surface area contributed by atoms with Gasteiger partial charge in [0.05, 0.1) is 5.02 Å². The fourth-order valence-corrected chi connectivity index (χ4v) is 2.26. The van der Waals surface area contributed by atoms with E-state index in [1.165, 1.54) is 10.9 Å². The van der Waals surface area contributed by atoms with E-state index in [2.05, 4.69) is 15.4 Å². The molecule has 1 aromatic carbocycles. The van der Waals surface area contributed by atoms with Crippen LogP contribution in [0, 0.1) is 6.92 Å². The molecule has 1 amide bonds. The summed E-state index contributed by atoms with van der Waals surface area (Å²) in [7, 11) is 0. The van der Waals surface area contributed by atoms with Crippen molar-refractivity contribution < 1.29 is 9.53 Å². The molecule has 8 heteroatoms. The van der Waals surface area contributed by atoms with Gasteiger partial charge in [-0.05, 0) is 48.9 Å². The Bertz CT molecular complexity index is 894. The van der Waals surface area contributed by atoms with Crippen molar-refractivity contribution in [1.29, 1.82) is 0 Å². The zero-order valence-electron chi connectivity index (χ0n) is 13.2. The Kier molecular flexibility index (Phi) is 5.21. The number of carbonyl (C=O) groups excluding carboxylic acids is 1. The molecule has 0 unspecified atom stereocenters. The summed E-state index contributed by atoms with van der Waals surface area (Å²) in [5.41, 5.74) is 1.18. The first-order chi connectivity index (χ1) is 12.0. The first kappa shape index (κ1) is 17.3. The van der Waals surface area contributed by atoms with E-state index >= 15 is 0 Å². The highest BCUT2D eigenvalue weighted by atomic mass is 35.5. The number of hydrogen-bond acceptors (Lipinski definition) is 4. The number of benzene rings is 1. The molecule has 2 aromatic heterocycles. The van der Waals surface area contributed by atoms with E-state index in [1.807, 2.05) is 13.0 Å². The normalized spacial score (nSPS) is 10.5. The van der Waals surface area contributed by atoms with Gasteiger partial charge in [0, 0.05) is 17.4 Å². The maximum absolute atomic E-state index is 12.2. The standard InChI is InChI=1S/C17H14Cl2N4O2/c1-11-8-13(3-4-14(11)19)25-10-23-7-6-15(22-23)17(24)21-16-5-2-12(18)9-20-16/h2-9H,10H2,1H3,(H,20,21,24). The van der Waals surface area contributed by atoms with Crippen LogP contribution in [0.1, 0.15) is 16.1 Å². The van der Waals surface area contributed by atoms with Gasteiger partial charge in [0.25, 0.3) is 5.91 Å². The second-order valence-corrected chi connectivity index (χ2v) is 6.08. The summed E-state index contributed by atoms with van der Waals surface area (Å²) >= 11 is 11.7. The van der Waals surface area contributed by atoms with Gasteiger partial charge in [0.15, 0.2) is 12.4 Å². The van der Waals surface area contributed by atoms with E-state index in [0.29, 0.717) is 21.6 Å². The molecule has 0 fully saturated rings. The van der Waals surface area contributed by atoms with Crippen LogP contribution in [0.15, 0.2) is 48.8 Å². The third-order valence-corrected chi connectivity index (χ3v) is 3.98. The number of rotatable bonds is 5. The number of amides is 1. The van der Waals surface area contributed by atoms with Gasteiger partial charge in [-0.1, -0.05) is 23.2 Å². The van der Waals surface area contributed by atoms with Crippen LogP contribution in [0.25, 0.3) is 0 Å². The molecular weight excluding hydrogens is 363 g/mol. The van der Waals surface area contributed by atoms with Crippen molar-refractivity contribution in [3.8, 4) is 5.75 Å². The van der Waals surface area contributed by atoms with Crippen LogP contribution < -0.4 is 10.1 Å². The van der Waals surface area contributed by atoms with Gasteiger partial charge in [-0.15, -0.1) is 0 Å². The van der Waals surface area contributed by atoms with Crippen LogP contribution in [-0.2, 0) is 6.73 Å². The van der Waals surface area contributed by atoms with Crippen molar-refractivity contribution in [3.05, 3.63) is 70.1 Å². The number of aromatic nitrogens is 3. The summed E-state index contributed by atoms with van der Waals surface area (Å²) in [6.07, 6.45) is 3.12. The molecule has 0 saturated heterocycles. The molecule has 3 rings (SSSR count). The van der Waals surface area contributed by atoms with Gasteiger partial charge in [-0.25, -0.2) is 9.67 Å². The predicted molar refractivity (Wildman–Crippen MR) is 96.2 cm³/mol. The molecule has 0 saturated carbocycles. The SMILES string of the molecule is Cc1cc(OCn2ccc(C(=O)Nc3ccc(Cl)cn3)n2)ccc1Cl. The molecular formula is C17H14Cl2N4O2. The summed E-state index contributed by atoms with van der Waals surface area (Å²) in [5, 5.41) is 8.00. The lowest BCUT2D eigenvalue weighted by molar-refractivity contribution is 0.102. The molecule has 0 atom stereocenters. The third-order valence-electron chi connectivity index (χ3n) is 3.34. The number of hydrogen-bond donors (Lipinski definition) is 1. The quantitative estimate of drug-likeness (QED) is 0.724. The Balaban J connectivity index is 1.60. The highest BCUT2D eigenvalue weighted by Crippen LogP contribution is 2.21. The molecule has 0 spiro atoms. The lowest BCUT2D eigenvalue weighted by Gasteiger charge is -2.07. The van der Waals surface area contributed by atoms with Crippen molar-refractivity contribution in [2.24, 2.45) is 0 Å². The predicted octanol–water partition coefficient (Wildman–Crippen LogP) is 4.18. The first-order valence-electron chi connectivity index (χ1n) is 7.36.